The summed E-state index contributed by atoms with van der Waals surface area (Å²) in [6.45, 7) is -0.00763. The first kappa shape index (κ1) is 15.7. The number of alkyl carbamates (subject to hydrolysis) is 1. The van der Waals surface area contributed by atoms with Crippen LogP contribution in [0.3, 0.4) is 0 Å². The van der Waals surface area contributed by atoms with Crippen molar-refractivity contribution in [1.82, 2.24) is 10.6 Å². The molecule has 1 aliphatic rings. The molecule has 5 N–H and O–H groups in total. The molecule has 0 radical (unpaired) electrons. The molecule has 1 aliphatic heterocycles. The Morgan fingerprint density at radius 1 is 1.33 bits per heavy atom. The van der Waals surface area contributed by atoms with Crippen LogP contribution in [0.1, 0.15) is 5.56 Å². The average Bonchev–Trinajstić information content (AvgIpc) is 2.51. The minimum Gasteiger partial charge on any atom is -0.445 e. The Hall–Kier alpha value is -1.67. The van der Waals surface area contributed by atoms with Gasteiger partial charge >= 0.3 is 6.09 Å². The monoisotopic (exact) mass is 296 g/mol. The number of carbonyl (C=O) groups excluding carboxylic acids is 1. The maximum Gasteiger partial charge on any atom is 0.407 e. The van der Waals surface area contributed by atoms with Crippen LogP contribution >= 0.6 is 0 Å². The number of hydrogen-bond donors (Lipinski definition) is 5. The molecule has 0 bridgehead atoms. The fourth-order valence-electron chi connectivity index (χ4n) is 2.26. The number of carbonyl (C=O) groups is 1. The van der Waals surface area contributed by atoms with E-state index in [0.717, 1.165) is 5.56 Å². The smallest absolute Gasteiger partial charge is 0.407 e. The van der Waals surface area contributed by atoms with E-state index in [0.29, 0.717) is 0 Å². The zero-order valence-corrected chi connectivity index (χ0v) is 11.5. The molecule has 21 heavy (non-hydrogen) atoms. The molecule has 7 nitrogen and oxygen atoms in total. The molecule has 0 aliphatic carbocycles. The van der Waals surface area contributed by atoms with Crippen molar-refractivity contribution in [3.05, 3.63) is 35.9 Å². The van der Waals surface area contributed by atoms with Crippen LogP contribution in [0.5, 0.6) is 0 Å². The fourth-order valence-corrected chi connectivity index (χ4v) is 2.26. The van der Waals surface area contributed by atoms with Crippen LogP contribution in [0, 0.1) is 0 Å². The SMILES string of the molecule is O=C(N[C@H]1[C@H](O)[C@H](O)CN[C@@H]1CO)OCc1ccccc1. The first-order chi connectivity index (χ1) is 10.1. The van der Waals surface area contributed by atoms with Gasteiger partial charge in [0, 0.05) is 6.54 Å². The molecule has 1 aromatic carbocycles. The van der Waals surface area contributed by atoms with Gasteiger partial charge < -0.3 is 30.7 Å². The van der Waals surface area contributed by atoms with Gasteiger partial charge in [0.05, 0.1) is 24.8 Å². The van der Waals surface area contributed by atoms with Gasteiger partial charge in [0.25, 0.3) is 0 Å². The first-order valence-electron chi connectivity index (χ1n) is 6.79. The number of benzene rings is 1. The van der Waals surface area contributed by atoms with E-state index in [1.165, 1.54) is 0 Å². The Balaban J connectivity index is 1.88. The van der Waals surface area contributed by atoms with Gasteiger partial charge in [-0.1, -0.05) is 30.3 Å². The van der Waals surface area contributed by atoms with Crippen molar-refractivity contribution in [1.29, 1.82) is 0 Å². The van der Waals surface area contributed by atoms with Gasteiger partial charge in [0.1, 0.15) is 12.7 Å². The van der Waals surface area contributed by atoms with Gasteiger partial charge in [0.15, 0.2) is 0 Å². The number of hydrogen-bond acceptors (Lipinski definition) is 6. The molecule has 7 heteroatoms. The quantitative estimate of drug-likeness (QED) is 0.486. The Bertz CT molecular complexity index is 454. The lowest BCUT2D eigenvalue weighted by Crippen LogP contribution is -2.66. The van der Waals surface area contributed by atoms with E-state index in [1.54, 1.807) is 0 Å². The lowest BCUT2D eigenvalue weighted by molar-refractivity contribution is -0.0412. The van der Waals surface area contributed by atoms with Crippen molar-refractivity contribution in [2.75, 3.05) is 13.2 Å². The van der Waals surface area contributed by atoms with Crippen LogP contribution < -0.4 is 10.6 Å². The Labute approximate surface area is 122 Å². The number of aliphatic hydroxyl groups is 3. The molecule has 0 spiro atoms. The highest BCUT2D eigenvalue weighted by Crippen LogP contribution is 2.11. The van der Waals surface area contributed by atoms with Crippen molar-refractivity contribution in [2.24, 2.45) is 0 Å². The predicted octanol–water partition coefficient (Wildman–Crippen LogP) is -1.03. The van der Waals surface area contributed by atoms with Gasteiger partial charge in [-0.05, 0) is 5.56 Å². The Morgan fingerprint density at radius 2 is 2.05 bits per heavy atom. The summed E-state index contributed by atoms with van der Waals surface area (Å²) in [4.78, 5) is 11.8. The van der Waals surface area contributed by atoms with Crippen molar-refractivity contribution < 1.29 is 24.9 Å². The Kier molecular flexibility index (Phi) is 5.51. The summed E-state index contributed by atoms with van der Waals surface area (Å²) in [5, 5.41) is 34.1. The molecule has 0 saturated carbocycles. The van der Waals surface area contributed by atoms with E-state index in [1.807, 2.05) is 30.3 Å². The average molecular weight is 296 g/mol. The van der Waals surface area contributed by atoms with Crippen LogP contribution in [-0.2, 0) is 11.3 Å². The van der Waals surface area contributed by atoms with Crippen molar-refractivity contribution in [3.8, 4) is 0 Å². The molecular formula is C14H20N2O5. The third-order valence-corrected chi connectivity index (χ3v) is 3.48. The van der Waals surface area contributed by atoms with Crippen molar-refractivity contribution in [3.63, 3.8) is 0 Å². The second kappa shape index (κ2) is 7.37. The van der Waals surface area contributed by atoms with Crippen molar-refractivity contribution >= 4 is 6.09 Å². The summed E-state index contributed by atoms with van der Waals surface area (Å²) in [5.74, 6) is 0. The molecule has 0 unspecified atom stereocenters. The largest absolute Gasteiger partial charge is 0.445 e. The summed E-state index contributed by atoms with van der Waals surface area (Å²) in [6, 6.07) is 7.83. The van der Waals surface area contributed by atoms with Crippen LogP contribution in [0.2, 0.25) is 0 Å². The lowest BCUT2D eigenvalue weighted by atomic mass is 9.94. The van der Waals surface area contributed by atoms with E-state index in [-0.39, 0.29) is 19.8 Å². The fraction of sp³-hybridized carbons (Fsp3) is 0.500. The maximum atomic E-state index is 11.8. The second-order valence-corrected chi connectivity index (χ2v) is 4.99. The van der Waals surface area contributed by atoms with Gasteiger partial charge in [-0.3, -0.25) is 0 Å². The Morgan fingerprint density at radius 3 is 2.71 bits per heavy atom. The van der Waals surface area contributed by atoms with Crippen LogP contribution in [0.15, 0.2) is 30.3 Å². The van der Waals surface area contributed by atoms with Gasteiger partial charge in [-0.25, -0.2) is 4.79 Å². The van der Waals surface area contributed by atoms with E-state index in [2.05, 4.69) is 10.6 Å². The topological polar surface area (TPSA) is 111 Å². The number of aliphatic hydroxyl groups excluding tert-OH is 3. The second-order valence-electron chi connectivity index (χ2n) is 4.99. The summed E-state index contributed by atoms with van der Waals surface area (Å²) >= 11 is 0. The summed E-state index contributed by atoms with van der Waals surface area (Å²) in [7, 11) is 0. The number of ether oxygens (including phenoxy) is 1. The molecule has 0 aromatic heterocycles. The molecule has 1 fully saturated rings. The summed E-state index contributed by atoms with van der Waals surface area (Å²) in [6.07, 6.45) is -2.88. The summed E-state index contributed by atoms with van der Waals surface area (Å²) in [5.41, 5.74) is 0.841. The first-order valence-corrected chi connectivity index (χ1v) is 6.79. The highest BCUT2D eigenvalue weighted by Gasteiger charge is 2.38. The van der Waals surface area contributed by atoms with Gasteiger partial charge in [-0.15, -0.1) is 0 Å². The minimum absolute atomic E-state index is 0.106. The maximum absolute atomic E-state index is 11.8. The lowest BCUT2D eigenvalue weighted by Gasteiger charge is -2.38. The third-order valence-electron chi connectivity index (χ3n) is 3.48. The highest BCUT2D eigenvalue weighted by atomic mass is 16.5. The van der Waals surface area contributed by atoms with E-state index in [4.69, 9.17) is 4.74 Å². The van der Waals surface area contributed by atoms with E-state index in [9.17, 15) is 20.1 Å². The normalized spacial score (nSPS) is 28.9. The molecule has 116 valence electrons. The molecule has 1 saturated heterocycles. The van der Waals surface area contributed by atoms with Gasteiger partial charge in [-0.2, -0.15) is 0 Å². The number of amides is 1. The number of β-amino-alcohol motifs (C(OH)–C–C–N with tert-alkyl or cyclic N) is 1. The molecular weight excluding hydrogens is 276 g/mol. The van der Waals surface area contributed by atoms with E-state index < -0.39 is 30.4 Å². The highest BCUT2D eigenvalue weighted by molar-refractivity contribution is 5.67. The zero-order chi connectivity index (χ0) is 15.2. The van der Waals surface area contributed by atoms with Crippen molar-refractivity contribution in [2.45, 2.75) is 30.9 Å². The van der Waals surface area contributed by atoms with E-state index >= 15 is 0 Å². The molecule has 4 atom stereocenters. The standard InChI is InChI=1S/C14H20N2O5/c17-7-10-12(13(19)11(18)6-15-10)16-14(20)21-8-9-4-2-1-3-5-9/h1-5,10-13,15,17-19H,6-8H2,(H,16,20)/t10-,11-,12-,13-/m1/s1. The molecule has 1 aromatic rings. The number of nitrogens with one attached hydrogen (secondary N) is 2. The molecule has 2 rings (SSSR count). The molecule has 1 amide bonds. The third kappa shape index (κ3) is 4.15. The molecule has 1 heterocycles. The van der Waals surface area contributed by atoms with Crippen LogP contribution in [0.4, 0.5) is 4.79 Å². The van der Waals surface area contributed by atoms with Crippen LogP contribution in [0.25, 0.3) is 0 Å². The summed E-state index contributed by atoms with van der Waals surface area (Å²) < 4.78 is 5.06. The van der Waals surface area contributed by atoms with Gasteiger partial charge in [0.2, 0.25) is 0 Å². The number of piperidine rings is 1. The number of rotatable bonds is 4. The van der Waals surface area contributed by atoms with Crippen LogP contribution in [-0.4, -0.2) is 58.9 Å². The predicted molar refractivity (Wildman–Crippen MR) is 74.4 cm³/mol. The minimum atomic E-state index is -1.16. The zero-order valence-electron chi connectivity index (χ0n) is 11.5.